The molecule has 3 nitrogen and oxygen atoms in total. The minimum absolute atomic E-state index is 0.151. The highest BCUT2D eigenvalue weighted by Crippen LogP contribution is 2.41. The minimum atomic E-state index is -0.418. The monoisotopic (exact) mass is 781 g/mol. The van der Waals surface area contributed by atoms with Gasteiger partial charge in [-0.25, -0.2) is 0 Å². The lowest BCUT2D eigenvalue weighted by Gasteiger charge is -2.11. The molecule has 10 aromatic carbocycles. The highest BCUT2D eigenvalue weighted by Gasteiger charge is 2.18. The largest absolute Gasteiger partial charge is 0.456 e. The molecule has 0 amide bonds. The van der Waals surface area contributed by atoms with Crippen molar-refractivity contribution in [2.24, 2.45) is 0 Å². The summed E-state index contributed by atoms with van der Waals surface area (Å²) >= 11 is 0. The van der Waals surface area contributed by atoms with Crippen molar-refractivity contribution < 1.29 is 11.3 Å². The first kappa shape index (κ1) is 29.1. The first-order valence-corrected chi connectivity index (χ1v) is 20.5. The molecule has 0 spiro atoms. The predicted octanol–water partition coefficient (Wildman–Crippen LogP) is 15.9. The van der Waals surface area contributed by atoms with Gasteiger partial charge in [0.15, 0.2) is 0 Å². The summed E-state index contributed by atoms with van der Waals surface area (Å²) in [5.41, 5.74) is 12.9. The van der Waals surface area contributed by atoms with E-state index in [2.05, 4.69) is 173 Å². The zero-order valence-corrected chi connectivity index (χ0v) is 32.7. The van der Waals surface area contributed by atoms with Gasteiger partial charge >= 0.3 is 0 Å². The lowest BCUT2D eigenvalue weighted by atomic mass is 9.99. The average molecular weight is 782 g/mol. The van der Waals surface area contributed by atoms with Crippen molar-refractivity contribution in [1.29, 1.82) is 0 Å². The number of fused-ring (bicyclic) bond motifs is 10. The molecular formula is C58H36N2O. The first-order valence-electron chi connectivity index (χ1n) is 23.0. The third-order valence-electron chi connectivity index (χ3n) is 12.4. The Bertz CT molecular complexity index is 4150. The average Bonchev–Trinajstić information content (AvgIpc) is 4.02. The van der Waals surface area contributed by atoms with Gasteiger partial charge in [-0.2, -0.15) is 0 Å². The molecule has 13 rings (SSSR count). The summed E-state index contributed by atoms with van der Waals surface area (Å²) in [6, 6.07) is 64.5. The molecule has 3 aromatic heterocycles. The molecule has 0 aliphatic rings. The SMILES string of the molecule is [2H]c1c([2H])c([2H])c(-c2cccc3oc4ccc(-n5c6ccccc6c6cc(-c7ccc8c(c7)c7ccccc7n8-c7ccc(-c8ccc9ccccc9c8)cc7)ccc65)cc4c23)c([2H])c1[2H]. The quantitative estimate of drug-likeness (QED) is 0.171. The van der Waals surface area contributed by atoms with E-state index in [0.29, 0.717) is 22.1 Å². The van der Waals surface area contributed by atoms with E-state index in [1.807, 2.05) is 12.1 Å². The summed E-state index contributed by atoms with van der Waals surface area (Å²) in [6.07, 6.45) is 0. The Balaban J connectivity index is 0.924. The van der Waals surface area contributed by atoms with Crippen molar-refractivity contribution in [3.63, 3.8) is 0 Å². The molecule has 3 heterocycles. The van der Waals surface area contributed by atoms with Crippen molar-refractivity contribution in [1.82, 2.24) is 9.13 Å². The first-order chi connectivity index (χ1) is 32.3. The van der Waals surface area contributed by atoms with Crippen LogP contribution in [-0.4, -0.2) is 9.13 Å². The van der Waals surface area contributed by atoms with Crippen molar-refractivity contribution in [3.8, 4) is 44.8 Å². The summed E-state index contributed by atoms with van der Waals surface area (Å²) < 4.78 is 53.5. The molecule has 284 valence electrons. The smallest absolute Gasteiger partial charge is 0.136 e. The van der Waals surface area contributed by atoms with Crippen molar-refractivity contribution in [2.45, 2.75) is 0 Å². The standard InChI is InChI=1S/C58H36N2O/c1-2-12-39(13-3-1)46-17-10-20-57-58(46)51-36-45(29-32-56(51)61-57)60-53-19-9-7-16-48(53)50-35-43(26-31-55(50)60)42-25-30-54-49(34-42)47-15-6-8-18-52(47)59(54)44-27-23-38(24-28-44)41-22-21-37-11-4-5-14-40(37)33-41/h1-36H/i1D,2D,3D,12D,13D. The number of nitrogens with zero attached hydrogens (tertiary/aromatic N) is 2. The maximum Gasteiger partial charge on any atom is 0.136 e. The number of rotatable bonds is 5. The summed E-state index contributed by atoms with van der Waals surface area (Å²) in [5, 5.41) is 8.59. The van der Waals surface area contributed by atoms with E-state index in [0.717, 1.165) is 60.7 Å². The second-order valence-corrected chi connectivity index (χ2v) is 15.7. The van der Waals surface area contributed by atoms with Crippen LogP contribution in [-0.2, 0) is 0 Å². The third kappa shape index (κ3) is 5.24. The molecule has 0 aliphatic heterocycles. The Morgan fingerprint density at radius 3 is 1.64 bits per heavy atom. The van der Waals surface area contributed by atoms with Crippen molar-refractivity contribution >= 4 is 76.3 Å². The van der Waals surface area contributed by atoms with Gasteiger partial charge in [-0.3, -0.25) is 0 Å². The molecule has 0 N–H and O–H groups in total. The van der Waals surface area contributed by atoms with Crippen LogP contribution in [0.5, 0.6) is 0 Å². The van der Waals surface area contributed by atoms with E-state index in [1.54, 1.807) is 12.1 Å². The molecule has 61 heavy (non-hydrogen) atoms. The van der Waals surface area contributed by atoms with E-state index in [4.69, 9.17) is 11.3 Å². The fourth-order valence-corrected chi connectivity index (χ4v) is 9.58. The Hall–Kier alpha value is -8.14. The van der Waals surface area contributed by atoms with Crippen LogP contribution in [0, 0.1) is 0 Å². The highest BCUT2D eigenvalue weighted by atomic mass is 16.3. The highest BCUT2D eigenvalue weighted by molar-refractivity contribution is 6.15. The molecular weight excluding hydrogens is 741 g/mol. The van der Waals surface area contributed by atoms with Crippen LogP contribution < -0.4 is 0 Å². The zero-order valence-electron chi connectivity index (χ0n) is 37.7. The topological polar surface area (TPSA) is 23.0 Å². The van der Waals surface area contributed by atoms with E-state index in [-0.39, 0.29) is 29.7 Å². The van der Waals surface area contributed by atoms with E-state index >= 15 is 0 Å². The number of aromatic nitrogens is 2. The Morgan fingerprint density at radius 1 is 0.344 bits per heavy atom. The van der Waals surface area contributed by atoms with Gasteiger partial charge < -0.3 is 13.6 Å². The van der Waals surface area contributed by atoms with Gasteiger partial charge in [0, 0.05) is 43.7 Å². The number of para-hydroxylation sites is 2. The Kier molecular flexibility index (Phi) is 6.30. The van der Waals surface area contributed by atoms with E-state index in [9.17, 15) is 0 Å². The molecule has 0 saturated carbocycles. The fraction of sp³-hybridized carbons (Fsp3) is 0. The Morgan fingerprint density at radius 2 is 0.918 bits per heavy atom. The van der Waals surface area contributed by atoms with Crippen LogP contribution in [0.25, 0.3) is 121 Å². The van der Waals surface area contributed by atoms with E-state index < -0.39 is 6.04 Å². The summed E-state index contributed by atoms with van der Waals surface area (Å²) in [4.78, 5) is 0. The molecule has 0 atom stereocenters. The van der Waals surface area contributed by atoms with Crippen LogP contribution in [0.3, 0.4) is 0 Å². The van der Waals surface area contributed by atoms with E-state index in [1.165, 1.54) is 32.7 Å². The molecule has 0 radical (unpaired) electrons. The van der Waals surface area contributed by atoms with Gasteiger partial charge in [0.1, 0.15) is 11.2 Å². The van der Waals surface area contributed by atoms with Crippen LogP contribution in [0.2, 0.25) is 0 Å². The lowest BCUT2D eigenvalue weighted by molar-refractivity contribution is 0.669. The molecule has 0 bridgehead atoms. The molecule has 0 saturated heterocycles. The minimum Gasteiger partial charge on any atom is -0.456 e. The molecule has 13 aromatic rings. The summed E-state index contributed by atoms with van der Waals surface area (Å²) in [7, 11) is 0. The van der Waals surface area contributed by atoms with Crippen LogP contribution in [0.1, 0.15) is 6.85 Å². The molecule has 0 unspecified atom stereocenters. The summed E-state index contributed by atoms with van der Waals surface area (Å²) in [6.45, 7) is 0. The number of hydrogen-bond acceptors (Lipinski definition) is 1. The zero-order chi connectivity index (χ0) is 44.4. The number of hydrogen-bond donors (Lipinski definition) is 0. The number of benzene rings is 10. The third-order valence-corrected chi connectivity index (χ3v) is 12.4. The normalized spacial score (nSPS) is 13.1. The van der Waals surface area contributed by atoms with Gasteiger partial charge in [-0.05, 0) is 123 Å². The maximum atomic E-state index is 8.78. The van der Waals surface area contributed by atoms with Crippen LogP contribution >= 0.6 is 0 Å². The van der Waals surface area contributed by atoms with Gasteiger partial charge in [0.2, 0.25) is 0 Å². The Labute approximate surface area is 358 Å². The van der Waals surface area contributed by atoms with Crippen LogP contribution in [0.15, 0.2) is 223 Å². The van der Waals surface area contributed by atoms with Crippen molar-refractivity contribution in [2.75, 3.05) is 0 Å². The molecule has 3 heteroatoms. The second kappa shape index (κ2) is 13.2. The number of furan rings is 1. The fourth-order valence-electron chi connectivity index (χ4n) is 9.58. The van der Waals surface area contributed by atoms with Crippen molar-refractivity contribution in [3.05, 3.63) is 218 Å². The summed E-state index contributed by atoms with van der Waals surface area (Å²) in [5.74, 6) is 0. The van der Waals surface area contributed by atoms with Gasteiger partial charge in [-0.1, -0.05) is 139 Å². The maximum absolute atomic E-state index is 8.78. The predicted molar refractivity (Wildman–Crippen MR) is 256 cm³/mol. The second-order valence-electron chi connectivity index (χ2n) is 15.7. The molecule has 0 fully saturated rings. The van der Waals surface area contributed by atoms with Gasteiger partial charge in [-0.15, -0.1) is 0 Å². The lowest BCUT2D eigenvalue weighted by Crippen LogP contribution is -1.94. The van der Waals surface area contributed by atoms with Gasteiger partial charge in [0.25, 0.3) is 0 Å². The van der Waals surface area contributed by atoms with Crippen LogP contribution in [0.4, 0.5) is 0 Å². The molecule has 0 aliphatic carbocycles. The van der Waals surface area contributed by atoms with Gasteiger partial charge in [0.05, 0.1) is 28.9 Å².